The van der Waals surface area contributed by atoms with Gasteiger partial charge in [-0.25, -0.2) is 13.6 Å². The third kappa shape index (κ3) is 5.64. The summed E-state index contributed by atoms with van der Waals surface area (Å²) in [6, 6.07) is 10.4. The van der Waals surface area contributed by atoms with Crippen LogP contribution < -0.4 is 5.32 Å². The summed E-state index contributed by atoms with van der Waals surface area (Å²) in [7, 11) is 0. The van der Waals surface area contributed by atoms with Crippen molar-refractivity contribution in [3.8, 4) is 0 Å². The number of benzene rings is 2. The van der Waals surface area contributed by atoms with E-state index in [1.165, 1.54) is 17.0 Å². The van der Waals surface area contributed by atoms with E-state index in [-0.39, 0.29) is 18.5 Å². The molecule has 0 spiro atoms. The molecule has 1 saturated carbocycles. The molecule has 1 aliphatic rings. The van der Waals surface area contributed by atoms with Gasteiger partial charge in [-0.1, -0.05) is 29.8 Å². The van der Waals surface area contributed by atoms with Crippen LogP contribution in [-0.4, -0.2) is 45.4 Å². The van der Waals surface area contributed by atoms with Crippen LogP contribution in [-0.2, 0) is 12.0 Å². The number of aliphatic hydroxyl groups excluding tert-OH is 1. The molecule has 2 atom stereocenters. The molecule has 3 N–H and O–H groups in total. The summed E-state index contributed by atoms with van der Waals surface area (Å²) in [5.74, 6) is -1.47. The number of nitrogens with zero attached hydrogens (tertiary/aromatic N) is 1. The lowest BCUT2D eigenvalue weighted by atomic mass is 9.94. The first-order valence-electron chi connectivity index (χ1n) is 10.9. The summed E-state index contributed by atoms with van der Waals surface area (Å²) in [4.78, 5) is 13.3. The van der Waals surface area contributed by atoms with Crippen molar-refractivity contribution in [1.82, 2.24) is 10.2 Å². The maximum Gasteiger partial charge on any atom is 0.408 e. The van der Waals surface area contributed by atoms with Gasteiger partial charge in [-0.15, -0.1) is 0 Å². The zero-order valence-electron chi connectivity index (χ0n) is 19.0. The highest BCUT2D eigenvalue weighted by Crippen LogP contribution is 2.45. The highest BCUT2D eigenvalue weighted by Gasteiger charge is 2.45. The maximum atomic E-state index is 13.8. The standard InChI is InChI=1S/C25H32F2N2O3/c1-16-6-5-7-18(10-16)25(8-9-25)28-15-22(30)21(29(23(31)32)24(2,3)4)13-17-11-19(26)14-20(27)12-17/h5-7,10-12,14,21-22,28,30H,8-9,13,15H2,1-4H3,(H,31,32)/t21-,22-/m0/s1. The Labute approximate surface area is 188 Å². The van der Waals surface area contributed by atoms with Crippen molar-refractivity contribution >= 4 is 6.09 Å². The molecule has 174 valence electrons. The van der Waals surface area contributed by atoms with Crippen molar-refractivity contribution in [1.29, 1.82) is 0 Å². The van der Waals surface area contributed by atoms with Gasteiger partial charge in [-0.2, -0.15) is 0 Å². The number of carboxylic acid groups (broad SMARTS) is 1. The quantitative estimate of drug-likeness (QED) is 0.554. The SMILES string of the molecule is Cc1cccc(C2(NC[C@H](O)[C@H](Cc3cc(F)cc(F)c3)N(C(=O)O)C(C)(C)C)CC2)c1. The molecule has 0 aliphatic heterocycles. The largest absolute Gasteiger partial charge is 0.465 e. The molecule has 1 amide bonds. The van der Waals surface area contributed by atoms with Crippen LogP contribution in [0.1, 0.15) is 50.3 Å². The third-order valence-corrected chi connectivity index (χ3v) is 6.04. The number of aryl methyl sites for hydroxylation is 1. The zero-order chi connectivity index (χ0) is 23.7. The number of aliphatic hydroxyl groups is 1. The van der Waals surface area contributed by atoms with Crippen LogP contribution in [0.5, 0.6) is 0 Å². The molecule has 0 bridgehead atoms. The molecule has 3 rings (SSSR count). The van der Waals surface area contributed by atoms with E-state index < -0.39 is 35.4 Å². The average molecular weight is 447 g/mol. The minimum atomic E-state index is -1.20. The van der Waals surface area contributed by atoms with Crippen molar-refractivity contribution in [2.24, 2.45) is 0 Å². The summed E-state index contributed by atoms with van der Waals surface area (Å²) in [5.41, 5.74) is 1.52. The van der Waals surface area contributed by atoms with E-state index in [4.69, 9.17) is 0 Å². The van der Waals surface area contributed by atoms with Crippen molar-refractivity contribution in [2.75, 3.05) is 6.54 Å². The summed E-state index contributed by atoms with van der Waals surface area (Å²) < 4.78 is 27.5. The van der Waals surface area contributed by atoms with Crippen molar-refractivity contribution < 1.29 is 23.8 Å². The lowest BCUT2D eigenvalue weighted by Gasteiger charge is -2.42. The molecule has 32 heavy (non-hydrogen) atoms. The molecule has 0 unspecified atom stereocenters. The Morgan fingerprint density at radius 1 is 1.16 bits per heavy atom. The van der Waals surface area contributed by atoms with E-state index in [2.05, 4.69) is 11.4 Å². The van der Waals surface area contributed by atoms with E-state index in [1.807, 2.05) is 25.1 Å². The molecule has 1 fully saturated rings. The second-order valence-electron chi connectivity index (χ2n) is 9.77. The second-order valence-corrected chi connectivity index (χ2v) is 9.77. The molecule has 2 aromatic rings. The molecule has 1 aliphatic carbocycles. The Morgan fingerprint density at radius 3 is 2.28 bits per heavy atom. The van der Waals surface area contributed by atoms with Crippen molar-refractivity contribution in [2.45, 2.75) is 70.2 Å². The first-order chi connectivity index (χ1) is 14.9. The monoisotopic (exact) mass is 446 g/mol. The lowest BCUT2D eigenvalue weighted by Crippen LogP contribution is -2.58. The van der Waals surface area contributed by atoms with Crippen molar-refractivity contribution in [3.63, 3.8) is 0 Å². The molecule has 0 radical (unpaired) electrons. The number of nitrogens with one attached hydrogen (secondary N) is 1. The van der Waals surface area contributed by atoms with Crippen LogP contribution in [0.4, 0.5) is 13.6 Å². The summed E-state index contributed by atoms with van der Waals surface area (Å²) in [6.07, 6.45) is -0.453. The predicted octanol–water partition coefficient (Wildman–Crippen LogP) is 4.60. The Kier molecular flexibility index (Phi) is 6.91. The number of halogens is 2. The first-order valence-corrected chi connectivity index (χ1v) is 10.9. The van der Waals surface area contributed by atoms with Gasteiger partial charge in [0.1, 0.15) is 11.6 Å². The van der Waals surface area contributed by atoms with Crippen molar-refractivity contribution in [3.05, 3.63) is 70.8 Å². The topological polar surface area (TPSA) is 72.8 Å². The van der Waals surface area contributed by atoms with E-state index >= 15 is 0 Å². The van der Waals surface area contributed by atoms with Gasteiger partial charge in [0.2, 0.25) is 0 Å². The van der Waals surface area contributed by atoms with Gasteiger partial charge in [0, 0.05) is 23.7 Å². The van der Waals surface area contributed by atoms with Crippen LogP contribution in [0.2, 0.25) is 0 Å². The minimum Gasteiger partial charge on any atom is -0.465 e. The van der Waals surface area contributed by atoms with Crippen LogP contribution in [0.25, 0.3) is 0 Å². The van der Waals surface area contributed by atoms with Gasteiger partial charge < -0.3 is 15.5 Å². The van der Waals surface area contributed by atoms with E-state index in [1.54, 1.807) is 20.8 Å². The molecule has 2 aromatic carbocycles. The van der Waals surface area contributed by atoms with E-state index in [0.29, 0.717) is 5.56 Å². The second kappa shape index (κ2) is 9.16. The first kappa shape index (κ1) is 24.1. The molecule has 5 nitrogen and oxygen atoms in total. The third-order valence-electron chi connectivity index (χ3n) is 6.04. The molecule has 0 aromatic heterocycles. The summed E-state index contributed by atoms with van der Waals surface area (Å²) in [6.45, 7) is 7.37. The van der Waals surface area contributed by atoms with Gasteiger partial charge in [-0.05, 0) is 70.2 Å². The molecular weight excluding hydrogens is 414 g/mol. The smallest absolute Gasteiger partial charge is 0.408 e. The number of rotatable bonds is 8. The average Bonchev–Trinajstić information content (AvgIpc) is 3.44. The fourth-order valence-electron chi connectivity index (χ4n) is 4.37. The maximum absolute atomic E-state index is 13.8. The zero-order valence-corrected chi connectivity index (χ0v) is 19.0. The number of hydrogen-bond donors (Lipinski definition) is 3. The summed E-state index contributed by atoms with van der Waals surface area (Å²) in [5, 5.41) is 24.5. The van der Waals surface area contributed by atoms with Gasteiger partial charge in [0.25, 0.3) is 0 Å². The Bertz CT molecular complexity index is 950. The predicted molar refractivity (Wildman–Crippen MR) is 120 cm³/mol. The number of hydrogen-bond acceptors (Lipinski definition) is 3. The van der Waals surface area contributed by atoms with Gasteiger partial charge in [0.15, 0.2) is 0 Å². The van der Waals surface area contributed by atoms with Crippen LogP contribution in [0, 0.1) is 18.6 Å². The molecule has 0 heterocycles. The van der Waals surface area contributed by atoms with Gasteiger partial charge in [0.05, 0.1) is 12.1 Å². The van der Waals surface area contributed by atoms with Crippen LogP contribution in [0.15, 0.2) is 42.5 Å². The summed E-state index contributed by atoms with van der Waals surface area (Å²) >= 11 is 0. The lowest BCUT2D eigenvalue weighted by molar-refractivity contribution is 0.00644. The minimum absolute atomic E-state index is 0.0153. The Morgan fingerprint density at radius 2 is 1.78 bits per heavy atom. The highest BCUT2D eigenvalue weighted by atomic mass is 19.1. The van der Waals surface area contributed by atoms with E-state index in [0.717, 1.165) is 30.0 Å². The Hall–Kier alpha value is -2.51. The van der Waals surface area contributed by atoms with Gasteiger partial charge >= 0.3 is 6.09 Å². The fourth-order valence-corrected chi connectivity index (χ4v) is 4.37. The Balaban J connectivity index is 1.84. The number of amides is 1. The molecule has 7 heteroatoms. The fraction of sp³-hybridized carbons (Fsp3) is 0.480. The molecular formula is C25H32F2N2O3. The van der Waals surface area contributed by atoms with E-state index in [9.17, 15) is 23.8 Å². The van der Waals surface area contributed by atoms with Crippen LogP contribution in [0.3, 0.4) is 0 Å². The normalized spacial score (nSPS) is 17.0. The highest BCUT2D eigenvalue weighted by molar-refractivity contribution is 5.66. The van der Waals surface area contributed by atoms with Gasteiger partial charge in [-0.3, -0.25) is 4.90 Å². The van der Waals surface area contributed by atoms with Crippen LogP contribution >= 0.6 is 0 Å². The molecule has 0 saturated heterocycles. The number of carbonyl (C=O) groups is 1.